The van der Waals surface area contributed by atoms with E-state index in [1.54, 1.807) is 11.1 Å². The molecule has 0 amide bonds. The lowest BCUT2D eigenvalue weighted by Crippen LogP contribution is -2.24. The van der Waals surface area contributed by atoms with Crippen LogP contribution in [0, 0.1) is 22.7 Å². The predicted molar refractivity (Wildman–Crippen MR) is 65.2 cm³/mol. The van der Waals surface area contributed by atoms with E-state index in [9.17, 15) is 0 Å². The van der Waals surface area contributed by atoms with Crippen molar-refractivity contribution in [3.8, 4) is 12.1 Å². The van der Waals surface area contributed by atoms with E-state index in [-0.39, 0.29) is 19.1 Å². The second-order valence-electron chi connectivity index (χ2n) is 3.62. The van der Waals surface area contributed by atoms with Crippen LogP contribution in [0.15, 0.2) is 18.3 Å². The number of pyridine rings is 1. The monoisotopic (exact) mass is 229 g/mol. The summed E-state index contributed by atoms with van der Waals surface area (Å²) in [6, 6.07) is 8.03. The van der Waals surface area contributed by atoms with Crippen molar-refractivity contribution >= 4 is 5.69 Å². The smallest absolute Gasteiger partial charge is 0.107 e. The lowest BCUT2D eigenvalue weighted by atomic mass is 10.2. The molecular formula is C12H15N5. The highest BCUT2D eigenvalue weighted by Crippen LogP contribution is 2.15. The van der Waals surface area contributed by atoms with Gasteiger partial charge in [0.15, 0.2) is 0 Å². The Morgan fingerprint density at radius 1 is 1.35 bits per heavy atom. The number of hydrogen-bond donors (Lipinski definition) is 1. The van der Waals surface area contributed by atoms with Crippen molar-refractivity contribution in [2.75, 3.05) is 25.0 Å². The fourth-order valence-electron chi connectivity index (χ4n) is 1.40. The van der Waals surface area contributed by atoms with Gasteiger partial charge in [-0.05, 0) is 26.1 Å². The molecule has 1 aromatic heterocycles. The van der Waals surface area contributed by atoms with Crippen molar-refractivity contribution in [2.45, 2.75) is 13.0 Å². The Hall–Kier alpha value is -2.11. The molecule has 0 fully saturated rings. The lowest BCUT2D eigenvalue weighted by Gasteiger charge is -2.18. The third kappa shape index (κ3) is 3.44. The summed E-state index contributed by atoms with van der Waals surface area (Å²) in [6.45, 7) is 2.40. The van der Waals surface area contributed by atoms with Crippen LogP contribution in [-0.4, -0.2) is 25.1 Å². The van der Waals surface area contributed by atoms with Gasteiger partial charge in [-0.2, -0.15) is 10.5 Å². The first-order chi connectivity index (χ1) is 8.22. The van der Waals surface area contributed by atoms with Gasteiger partial charge in [0.25, 0.3) is 0 Å². The molecule has 0 aliphatic heterocycles. The summed E-state index contributed by atoms with van der Waals surface area (Å²) in [7, 11) is 1.87. The molecule has 17 heavy (non-hydrogen) atoms. The highest BCUT2D eigenvalue weighted by atomic mass is 15.1. The van der Waals surface area contributed by atoms with Crippen molar-refractivity contribution in [2.24, 2.45) is 0 Å². The molecule has 1 unspecified atom stereocenters. The van der Waals surface area contributed by atoms with Gasteiger partial charge in [0.05, 0.1) is 29.7 Å². The van der Waals surface area contributed by atoms with E-state index in [4.69, 9.17) is 10.5 Å². The van der Waals surface area contributed by atoms with E-state index >= 15 is 0 Å². The minimum atomic E-state index is 0.185. The second kappa shape index (κ2) is 6.47. The summed E-state index contributed by atoms with van der Waals surface area (Å²) < 4.78 is 0. The third-order valence-corrected chi connectivity index (χ3v) is 2.54. The Morgan fingerprint density at radius 3 is 2.41 bits per heavy atom. The van der Waals surface area contributed by atoms with Crippen LogP contribution in [-0.2, 0) is 0 Å². The van der Waals surface area contributed by atoms with Gasteiger partial charge in [0.1, 0.15) is 13.1 Å². The van der Waals surface area contributed by atoms with Gasteiger partial charge in [-0.25, -0.2) is 0 Å². The summed E-state index contributed by atoms with van der Waals surface area (Å²) in [6.07, 6.45) is 1.69. The Balaban J connectivity index is 2.85. The van der Waals surface area contributed by atoms with Gasteiger partial charge < -0.3 is 10.2 Å². The maximum atomic E-state index is 8.67. The number of aromatic nitrogens is 1. The molecule has 1 atom stereocenters. The second-order valence-corrected chi connectivity index (χ2v) is 3.62. The highest BCUT2D eigenvalue weighted by molar-refractivity contribution is 5.46. The van der Waals surface area contributed by atoms with E-state index < -0.39 is 0 Å². The summed E-state index contributed by atoms with van der Waals surface area (Å²) in [5, 5.41) is 20.4. The normalized spacial score (nSPS) is 11.3. The van der Waals surface area contributed by atoms with Crippen molar-refractivity contribution in [3.05, 3.63) is 24.0 Å². The van der Waals surface area contributed by atoms with Crippen LogP contribution in [0.3, 0.4) is 0 Å². The predicted octanol–water partition coefficient (Wildman–Crippen LogP) is 1.22. The number of nitrogens with one attached hydrogen (secondary N) is 1. The summed E-state index contributed by atoms with van der Waals surface area (Å²) in [5.74, 6) is 0. The Labute approximate surface area is 101 Å². The zero-order valence-electron chi connectivity index (χ0n) is 10.0. The molecule has 0 aromatic carbocycles. The Bertz CT molecular complexity index is 410. The molecule has 0 bridgehead atoms. The van der Waals surface area contributed by atoms with E-state index in [1.165, 1.54) is 0 Å². The van der Waals surface area contributed by atoms with Crippen molar-refractivity contribution in [1.29, 1.82) is 10.5 Å². The van der Waals surface area contributed by atoms with Gasteiger partial charge >= 0.3 is 0 Å². The number of rotatable bonds is 5. The van der Waals surface area contributed by atoms with Crippen LogP contribution in [0.4, 0.5) is 5.69 Å². The number of hydrogen-bond acceptors (Lipinski definition) is 5. The minimum absolute atomic E-state index is 0.185. The van der Waals surface area contributed by atoms with Crippen LogP contribution >= 0.6 is 0 Å². The number of nitriles is 2. The quantitative estimate of drug-likeness (QED) is 0.768. The van der Waals surface area contributed by atoms with Crippen LogP contribution in [0.5, 0.6) is 0 Å². The zero-order valence-corrected chi connectivity index (χ0v) is 10.0. The van der Waals surface area contributed by atoms with Crippen LogP contribution in [0.25, 0.3) is 0 Å². The average molecular weight is 229 g/mol. The van der Waals surface area contributed by atoms with E-state index in [0.717, 1.165) is 11.4 Å². The molecule has 0 saturated heterocycles. The number of nitrogens with zero attached hydrogens (tertiary/aromatic N) is 4. The van der Waals surface area contributed by atoms with Crippen molar-refractivity contribution in [3.63, 3.8) is 0 Å². The van der Waals surface area contributed by atoms with Crippen LogP contribution < -0.4 is 10.2 Å². The van der Waals surface area contributed by atoms with Gasteiger partial charge in [-0.3, -0.25) is 4.98 Å². The SMILES string of the molecule is CNC(C)c1ccc(N(CC#N)CC#N)cn1. The van der Waals surface area contributed by atoms with Crippen LogP contribution in [0.2, 0.25) is 0 Å². The molecule has 0 aliphatic carbocycles. The molecule has 0 radical (unpaired) electrons. The minimum Gasteiger partial charge on any atom is -0.344 e. The third-order valence-electron chi connectivity index (χ3n) is 2.54. The molecule has 1 N–H and O–H groups in total. The maximum absolute atomic E-state index is 8.67. The van der Waals surface area contributed by atoms with Crippen molar-refractivity contribution in [1.82, 2.24) is 10.3 Å². The first kappa shape index (κ1) is 13.0. The molecular weight excluding hydrogens is 214 g/mol. The van der Waals surface area contributed by atoms with Gasteiger partial charge in [0.2, 0.25) is 0 Å². The highest BCUT2D eigenvalue weighted by Gasteiger charge is 2.08. The standard InChI is InChI=1S/C12H15N5/c1-10(15-2)12-4-3-11(9-16-12)17(7-5-13)8-6-14/h3-4,9-10,15H,7-8H2,1-2H3. The lowest BCUT2D eigenvalue weighted by molar-refractivity contribution is 0.633. The molecule has 1 aromatic rings. The first-order valence-corrected chi connectivity index (χ1v) is 5.35. The zero-order chi connectivity index (χ0) is 12.7. The number of anilines is 1. The van der Waals surface area contributed by atoms with Gasteiger partial charge in [0, 0.05) is 6.04 Å². The molecule has 5 heteroatoms. The first-order valence-electron chi connectivity index (χ1n) is 5.35. The summed E-state index contributed by atoms with van der Waals surface area (Å²) >= 11 is 0. The molecule has 5 nitrogen and oxygen atoms in total. The summed E-state index contributed by atoms with van der Waals surface area (Å²) in [5.41, 5.74) is 1.73. The fourth-order valence-corrected chi connectivity index (χ4v) is 1.40. The Morgan fingerprint density at radius 2 is 2.00 bits per heavy atom. The average Bonchev–Trinajstić information content (AvgIpc) is 2.38. The summed E-state index contributed by atoms with van der Waals surface area (Å²) in [4.78, 5) is 5.99. The largest absolute Gasteiger partial charge is 0.344 e. The van der Waals surface area contributed by atoms with Gasteiger partial charge in [-0.15, -0.1) is 0 Å². The van der Waals surface area contributed by atoms with Gasteiger partial charge in [-0.1, -0.05) is 0 Å². The molecule has 0 aliphatic rings. The molecule has 1 rings (SSSR count). The molecule has 88 valence electrons. The van der Waals surface area contributed by atoms with E-state index in [2.05, 4.69) is 10.3 Å². The molecule has 0 spiro atoms. The maximum Gasteiger partial charge on any atom is 0.107 e. The molecule has 0 saturated carbocycles. The Kier molecular flexibility index (Phi) is 4.93. The topological polar surface area (TPSA) is 75.7 Å². The van der Waals surface area contributed by atoms with E-state index in [0.29, 0.717) is 0 Å². The van der Waals surface area contributed by atoms with Crippen LogP contribution in [0.1, 0.15) is 18.7 Å². The molecule has 1 heterocycles. The van der Waals surface area contributed by atoms with E-state index in [1.807, 2.05) is 38.2 Å². The van der Waals surface area contributed by atoms with Crippen molar-refractivity contribution < 1.29 is 0 Å². The fraction of sp³-hybridized carbons (Fsp3) is 0.417.